The lowest BCUT2D eigenvalue weighted by molar-refractivity contribution is 0.0910. The fraction of sp³-hybridized carbons (Fsp3) is 0.318. The molecule has 1 aromatic heterocycles. The molecule has 28 heavy (non-hydrogen) atoms. The van der Waals surface area contributed by atoms with Gasteiger partial charge in [-0.15, -0.1) is 0 Å². The van der Waals surface area contributed by atoms with Crippen LogP contribution in [-0.2, 0) is 0 Å². The van der Waals surface area contributed by atoms with Gasteiger partial charge in [0, 0.05) is 11.1 Å². The molecule has 6 nitrogen and oxygen atoms in total. The Labute approximate surface area is 164 Å². The van der Waals surface area contributed by atoms with E-state index in [1.807, 2.05) is 55.5 Å². The molecule has 3 rings (SSSR count). The van der Waals surface area contributed by atoms with Gasteiger partial charge in [0.1, 0.15) is 11.8 Å². The van der Waals surface area contributed by atoms with E-state index < -0.39 is 0 Å². The summed E-state index contributed by atoms with van der Waals surface area (Å²) in [6, 6.07) is 14.6. The first-order chi connectivity index (χ1) is 13.5. The van der Waals surface area contributed by atoms with E-state index in [9.17, 15) is 4.79 Å². The summed E-state index contributed by atoms with van der Waals surface area (Å²) in [6.07, 6.45) is 0.857. The lowest BCUT2D eigenvalue weighted by Gasteiger charge is -2.20. The second kappa shape index (κ2) is 8.69. The van der Waals surface area contributed by atoms with Crippen molar-refractivity contribution in [3.8, 4) is 17.1 Å². The average molecular weight is 379 g/mol. The van der Waals surface area contributed by atoms with Crippen molar-refractivity contribution in [2.75, 3.05) is 7.11 Å². The summed E-state index contributed by atoms with van der Waals surface area (Å²) in [5, 5.41) is 7.15. The van der Waals surface area contributed by atoms with E-state index in [1.165, 1.54) is 0 Å². The highest BCUT2D eigenvalue weighted by Crippen LogP contribution is 2.27. The van der Waals surface area contributed by atoms with E-state index in [1.54, 1.807) is 7.11 Å². The zero-order valence-corrected chi connectivity index (χ0v) is 16.6. The highest BCUT2D eigenvalue weighted by Gasteiger charge is 2.27. The number of aryl methyl sites for hydroxylation is 1. The van der Waals surface area contributed by atoms with Gasteiger partial charge in [0.15, 0.2) is 0 Å². The maximum absolute atomic E-state index is 12.7. The Morgan fingerprint density at radius 1 is 1.21 bits per heavy atom. The van der Waals surface area contributed by atoms with Crippen LogP contribution in [0.2, 0.25) is 0 Å². The van der Waals surface area contributed by atoms with Crippen LogP contribution in [0.15, 0.2) is 53.1 Å². The number of amides is 1. The molecular weight excluding hydrogens is 354 g/mol. The van der Waals surface area contributed by atoms with E-state index in [-0.39, 0.29) is 17.9 Å². The van der Waals surface area contributed by atoms with E-state index in [0.29, 0.717) is 17.3 Å². The molecular formula is C22H25N3O3. The number of aromatic nitrogens is 2. The minimum Gasteiger partial charge on any atom is -0.497 e. The predicted octanol–water partition coefficient (Wildman–Crippen LogP) is 4.57. The van der Waals surface area contributed by atoms with Gasteiger partial charge in [0.2, 0.25) is 11.7 Å². The molecule has 2 atom stereocenters. The minimum absolute atomic E-state index is 0.132. The van der Waals surface area contributed by atoms with Gasteiger partial charge in [-0.05, 0) is 37.1 Å². The van der Waals surface area contributed by atoms with Crippen LogP contribution in [0.25, 0.3) is 11.4 Å². The number of methoxy groups -OCH3 is 1. The topological polar surface area (TPSA) is 77.2 Å². The third kappa shape index (κ3) is 4.39. The molecule has 0 saturated heterocycles. The van der Waals surface area contributed by atoms with Crippen molar-refractivity contribution in [1.82, 2.24) is 15.5 Å². The molecule has 0 bridgehead atoms. The number of carbonyl (C=O) groups excluding carboxylic acids is 1. The standard InChI is InChI=1S/C22H25N3O3/c1-5-15(3)19(23-21(26)16-11-9-14(2)10-12-16)22-24-20(25-28-22)17-7-6-8-18(13-17)27-4/h6-13,15,19H,5H2,1-4H3,(H,23,26). The Morgan fingerprint density at radius 3 is 2.64 bits per heavy atom. The fourth-order valence-corrected chi connectivity index (χ4v) is 2.85. The molecule has 6 heteroatoms. The smallest absolute Gasteiger partial charge is 0.251 e. The number of rotatable bonds is 7. The van der Waals surface area contributed by atoms with Crippen LogP contribution < -0.4 is 10.1 Å². The molecule has 2 unspecified atom stereocenters. The summed E-state index contributed by atoms with van der Waals surface area (Å²) < 4.78 is 10.8. The Kier molecular flexibility index (Phi) is 6.09. The summed E-state index contributed by atoms with van der Waals surface area (Å²) in [7, 11) is 1.61. The van der Waals surface area contributed by atoms with Crippen molar-refractivity contribution in [1.29, 1.82) is 0 Å². The second-order valence-electron chi connectivity index (χ2n) is 6.89. The Hall–Kier alpha value is -3.15. The molecule has 0 aliphatic rings. The highest BCUT2D eigenvalue weighted by atomic mass is 16.5. The third-order valence-corrected chi connectivity index (χ3v) is 4.85. The van der Waals surface area contributed by atoms with Crippen molar-refractivity contribution >= 4 is 5.91 Å². The van der Waals surface area contributed by atoms with Crippen LogP contribution in [0.1, 0.15) is 48.1 Å². The van der Waals surface area contributed by atoms with Crippen molar-refractivity contribution in [3.63, 3.8) is 0 Å². The maximum atomic E-state index is 12.7. The third-order valence-electron chi connectivity index (χ3n) is 4.85. The number of nitrogens with zero attached hydrogens (tertiary/aromatic N) is 2. The number of nitrogens with one attached hydrogen (secondary N) is 1. The number of carbonyl (C=O) groups is 1. The molecule has 0 aliphatic carbocycles. The largest absolute Gasteiger partial charge is 0.497 e. The van der Waals surface area contributed by atoms with Crippen LogP contribution in [0.4, 0.5) is 0 Å². The summed E-state index contributed by atoms with van der Waals surface area (Å²) in [6.45, 7) is 6.10. The number of hydrogen-bond donors (Lipinski definition) is 1. The van der Waals surface area contributed by atoms with Crippen LogP contribution >= 0.6 is 0 Å². The molecule has 3 aromatic rings. The maximum Gasteiger partial charge on any atom is 0.251 e. The lowest BCUT2D eigenvalue weighted by Crippen LogP contribution is -2.32. The van der Waals surface area contributed by atoms with Gasteiger partial charge in [-0.2, -0.15) is 4.98 Å². The Bertz CT molecular complexity index is 934. The van der Waals surface area contributed by atoms with Gasteiger partial charge < -0.3 is 14.6 Å². The Balaban J connectivity index is 1.85. The van der Waals surface area contributed by atoms with E-state index in [0.717, 1.165) is 23.3 Å². The first kappa shape index (κ1) is 19.6. The van der Waals surface area contributed by atoms with E-state index in [2.05, 4.69) is 29.3 Å². The summed E-state index contributed by atoms with van der Waals surface area (Å²) in [5.41, 5.74) is 2.50. The van der Waals surface area contributed by atoms with Crippen molar-refractivity contribution in [2.45, 2.75) is 33.2 Å². The van der Waals surface area contributed by atoms with Gasteiger partial charge in [-0.1, -0.05) is 55.3 Å². The van der Waals surface area contributed by atoms with Crippen molar-refractivity contribution in [3.05, 3.63) is 65.5 Å². The molecule has 0 radical (unpaired) electrons. The van der Waals surface area contributed by atoms with Gasteiger partial charge in [-0.3, -0.25) is 4.79 Å². The molecule has 0 spiro atoms. The first-order valence-electron chi connectivity index (χ1n) is 9.37. The van der Waals surface area contributed by atoms with Gasteiger partial charge in [0.25, 0.3) is 5.91 Å². The highest BCUT2D eigenvalue weighted by molar-refractivity contribution is 5.94. The summed E-state index contributed by atoms with van der Waals surface area (Å²) in [5.74, 6) is 1.55. The quantitative estimate of drug-likeness (QED) is 0.651. The number of benzene rings is 2. The van der Waals surface area contributed by atoms with Crippen LogP contribution in [0.5, 0.6) is 5.75 Å². The van der Waals surface area contributed by atoms with E-state index >= 15 is 0 Å². The van der Waals surface area contributed by atoms with Crippen molar-refractivity contribution < 1.29 is 14.1 Å². The SMILES string of the molecule is CCC(C)C(NC(=O)c1ccc(C)cc1)c1nc(-c2cccc(OC)c2)no1. The summed E-state index contributed by atoms with van der Waals surface area (Å²) in [4.78, 5) is 17.2. The molecule has 146 valence electrons. The Morgan fingerprint density at radius 2 is 1.96 bits per heavy atom. The molecule has 0 fully saturated rings. The predicted molar refractivity (Wildman–Crippen MR) is 107 cm³/mol. The average Bonchev–Trinajstić information content (AvgIpc) is 3.21. The molecule has 2 aromatic carbocycles. The normalized spacial score (nSPS) is 13.0. The van der Waals surface area contributed by atoms with E-state index in [4.69, 9.17) is 9.26 Å². The second-order valence-corrected chi connectivity index (χ2v) is 6.89. The molecule has 0 saturated carbocycles. The van der Waals surface area contributed by atoms with Crippen LogP contribution in [0.3, 0.4) is 0 Å². The van der Waals surface area contributed by atoms with Gasteiger partial charge in [0.05, 0.1) is 7.11 Å². The van der Waals surface area contributed by atoms with Crippen molar-refractivity contribution in [2.24, 2.45) is 5.92 Å². The van der Waals surface area contributed by atoms with Crippen LogP contribution in [-0.4, -0.2) is 23.2 Å². The monoisotopic (exact) mass is 379 g/mol. The number of hydrogen-bond acceptors (Lipinski definition) is 5. The van der Waals surface area contributed by atoms with Crippen LogP contribution in [0, 0.1) is 12.8 Å². The molecule has 1 heterocycles. The lowest BCUT2D eigenvalue weighted by atomic mass is 9.98. The molecule has 0 aliphatic heterocycles. The number of ether oxygens (including phenoxy) is 1. The molecule has 1 N–H and O–H groups in total. The van der Waals surface area contributed by atoms with Gasteiger partial charge in [-0.25, -0.2) is 0 Å². The van der Waals surface area contributed by atoms with Gasteiger partial charge >= 0.3 is 0 Å². The zero-order valence-electron chi connectivity index (χ0n) is 16.6. The first-order valence-corrected chi connectivity index (χ1v) is 9.37. The zero-order chi connectivity index (χ0) is 20.1. The summed E-state index contributed by atoms with van der Waals surface area (Å²) >= 11 is 0. The minimum atomic E-state index is -0.370. The fourth-order valence-electron chi connectivity index (χ4n) is 2.85. The molecule has 1 amide bonds.